The molecule has 1 fully saturated rings. The van der Waals surface area contributed by atoms with Gasteiger partial charge < -0.3 is 5.32 Å². The summed E-state index contributed by atoms with van der Waals surface area (Å²) in [4.78, 5) is 8.33. The minimum atomic E-state index is -2.88. The molecule has 1 aromatic rings. The highest BCUT2D eigenvalue weighted by atomic mass is 32.2. The molecule has 1 aliphatic heterocycles. The molecule has 1 aromatic heterocycles. The van der Waals surface area contributed by atoms with Gasteiger partial charge in [0, 0.05) is 17.8 Å². The van der Waals surface area contributed by atoms with E-state index < -0.39 is 9.84 Å². The first kappa shape index (κ1) is 13.3. The predicted molar refractivity (Wildman–Crippen MR) is 71.3 cm³/mol. The van der Waals surface area contributed by atoms with Gasteiger partial charge in [-0.1, -0.05) is 13.3 Å². The van der Waals surface area contributed by atoms with Gasteiger partial charge in [-0.2, -0.15) is 0 Å². The minimum absolute atomic E-state index is 0.0203. The Hall–Kier alpha value is -1.17. The first-order valence-corrected chi connectivity index (χ1v) is 8.19. The van der Waals surface area contributed by atoms with E-state index in [1.165, 1.54) is 6.33 Å². The van der Waals surface area contributed by atoms with Crippen molar-refractivity contribution in [2.24, 2.45) is 0 Å². The standard InChI is InChI=1S/C12H19N3O2S/c1-2-4-10-7-12(14-9-13-10)15-11-5-3-6-18(16,17)8-11/h7,9,11H,2-6,8H2,1H3,(H,13,14,15). The number of nitrogens with zero attached hydrogens (tertiary/aromatic N) is 2. The van der Waals surface area contributed by atoms with E-state index in [2.05, 4.69) is 22.2 Å². The molecule has 0 amide bonds. The van der Waals surface area contributed by atoms with E-state index in [4.69, 9.17) is 0 Å². The van der Waals surface area contributed by atoms with Crippen molar-refractivity contribution in [1.29, 1.82) is 0 Å². The Morgan fingerprint density at radius 2 is 2.28 bits per heavy atom. The molecule has 0 saturated carbocycles. The third-order valence-corrected chi connectivity index (χ3v) is 4.87. The summed E-state index contributed by atoms with van der Waals surface area (Å²) in [5.74, 6) is 1.26. The number of hydrogen-bond donors (Lipinski definition) is 1. The quantitative estimate of drug-likeness (QED) is 0.895. The number of hydrogen-bond acceptors (Lipinski definition) is 5. The Labute approximate surface area is 108 Å². The highest BCUT2D eigenvalue weighted by molar-refractivity contribution is 7.91. The normalized spacial score (nSPS) is 22.6. The molecule has 1 atom stereocenters. The van der Waals surface area contributed by atoms with Crippen LogP contribution in [0.15, 0.2) is 12.4 Å². The fourth-order valence-electron chi connectivity index (χ4n) is 2.22. The van der Waals surface area contributed by atoms with E-state index >= 15 is 0 Å². The maximum atomic E-state index is 11.5. The number of rotatable bonds is 4. The molecule has 1 N–H and O–H groups in total. The number of aromatic nitrogens is 2. The number of aryl methyl sites for hydroxylation is 1. The van der Waals surface area contributed by atoms with Crippen LogP contribution < -0.4 is 5.32 Å². The Balaban J connectivity index is 2.02. The summed E-state index contributed by atoms with van der Waals surface area (Å²) in [5, 5.41) is 3.20. The highest BCUT2D eigenvalue weighted by Gasteiger charge is 2.24. The Bertz CT molecular complexity index is 502. The topological polar surface area (TPSA) is 72.0 Å². The van der Waals surface area contributed by atoms with Crippen LogP contribution in [0.1, 0.15) is 31.9 Å². The SMILES string of the molecule is CCCc1cc(NC2CCCS(=O)(=O)C2)ncn1. The highest BCUT2D eigenvalue weighted by Crippen LogP contribution is 2.16. The summed E-state index contributed by atoms with van der Waals surface area (Å²) in [5.41, 5.74) is 0.994. The van der Waals surface area contributed by atoms with E-state index in [1.54, 1.807) is 0 Å². The molecule has 5 nitrogen and oxygen atoms in total. The average molecular weight is 269 g/mol. The van der Waals surface area contributed by atoms with Crippen LogP contribution >= 0.6 is 0 Å². The van der Waals surface area contributed by atoms with Crippen LogP contribution in [0.5, 0.6) is 0 Å². The van der Waals surface area contributed by atoms with Crippen molar-refractivity contribution in [3.63, 3.8) is 0 Å². The fourth-order valence-corrected chi connectivity index (χ4v) is 3.85. The molecular weight excluding hydrogens is 250 g/mol. The maximum absolute atomic E-state index is 11.5. The van der Waals surface area contributed by atoms with Gasteiger partial charge >= 0.3 is 0 Å². The molecule has 0 radical (unpaired) electrons. The Morgan fingerprint density at radius 1 is 1.44 bits per heavy atom. The third kappa shape index (κ3) is 3.66. The first-order valence-electron chi connectivity index (χ1n) is 6.37. The molecule has 100 valence electrons. The molecular formula is C12H19N3O2S. The van der Waals surface area contributed by atoms with Gasteiger partial charge in [0.15, 0.2) is 9.84 Å². The maximum Gasteiger partial charge on any atom is 0.152 e. The predicted octanol–water partition coefficient (Wildman–Crippen LogP) is 1.42. The van der Waals surface area contributed by atoms with Gasteiger partial charge in [-0.15, -0.1) is 0 Å². The van der Waals surface area contributed by atoms with E-state index in [0.717, 1.165) is 37.2 Å². The molecule has 2 heterocycles. The Kier molecular flexibility index (Phi) is 4.16. The Morgan fingerprint density at radius 3 is 3.00 bits per heavy atom. The molecule has 1 saturated heterocycles. The van der Waals surface area contributed by atoms with Crippen molar-refractivity contribution in [2.45, 2.75) is 38.6 Å². The van der Waals surface area contributed by atoms with Crippen molar-refractivity contribution in [1.82, 2.24) is 9.97 Å². The second-order valence-electron chi connectivity index (χ2n) is 4.74. The lowest BCUT2D eigenvalue weighted by Gasteiger charge is -2.23. The van der Waals surface area contributed by atoms with E-state index in [9.17, 15) is 8.42 Å². The average Bonchev–Trinajstić information content (AvgIpc) is 2.28. The van der Waals surface area contributed by atoms with Crippen molar-refractivity contribution in [2.75, 3.05) is 16.8 Å². The minimum Gasteiger partial charge on any atom is -0.366 e. The van der Waals surface area contributed by atoms with Gasteiger partial charge in [-0.25, -0.2) is 18.4 Å². The summed E-state index contributed by atoms with van der Waals surface area (Å²) in [6.07, 6.45) is 5.10. The lowest BCUT2D eigenvalue weighted by atomic mass is 10.2. The molecule has 6 heteroatoms. The van der Waals surface area contributed by atoms with Crippen molar-refractivity contribution in [3.8, 4) is 0 Å². The van der Waals surface area contributed by atoms with Crippen LogP contribution in [-0.4, -0.2) is 35.9 Å². The molecule has 0 aliphatic carbocycles. The van der Waals surface area contributed by atoms with Crippen LogP contribution in [0.2, 0.25) is 0 Å². The van der Waals surface area contributed by atoms with Crippen molar-refractivity contribution in [3.05, 3.63) is 18.1 Å². The molecule has 0 spiro atoms. The van der Waals surface area contributed by atoms with Crippen molar-refractivity contribution < 1.29 is 8.42 Å². The van der Waals surface area contributed by atoms with Crippen LogP contribution in [0.3, 0.4) is 0 Å². The summed E-state index contributed by atoms with van der Waals surface area (Å²) in [7, 11) is -2.88. The van der Waals surface area contributed by atoms with E-state index in [0.29, 0.717) is 5.75 Å². The molecule has 1 aliphatic rings. The van der Waals surface area contributed by atoms with E-state index in [1.807, 2.05) is 6.07 Å². The van der Waals surface area contributed by atoms with Crippen molar-refractivity contribution >= 4 is 15.7 Å². The lowest BCUT2D eigenvalue weighted by molar-refractivity contribution is 0.561. The van der Waals surface area contributed by atoms with Crippen LogP contribution in [0.4, 0.5) is 5.82 Å². The second-order valence-corrected chi connectivity index (χ2v) is 6.97. The summed E-state index contributed by atoms with van der Waals surface area (Å²) in [6, 6.07) is 1.89. The van der Waals surface area contributed by atoms with E-state index in [-0.39, 0.29) is 11.8 Å². The fraction of sp³-hybridized carbons (Fsp3) is 0.667. The van der Waals surface area contributed by atoms with Gasteiger partial charge in [0.2, 0.25) is 0 Å². The van der Waals surface area contributed by atoms with Crippen LogP contribution in [-0.2, 0) is 16.3 Å². The molecule has 2 rings (SSSR count). The van der Waals surface area contributed by atoms with Crippen LogP contribution in [0, 0.1) is 0 Å². The lowest BCUT2D eigenvalue weighted by Crippen LogP contribution is -2.35. The zero-order chi connectivity index (χ0) is 13.0. The third-order valence-electron chi connectivity index (χ3n) is 3.04. The summed E-state index contributed by atoms with van der Waals surface area (Å²) in [6.45, 7) is 2.10. The first-order chi connectivity index (χ1) is 8.59. The molecule has 18 heavy (non-hydrogen) atoms. The van der Waals surface area contributed by atoms with Gasteiger partial charge in [0.05, 0.1) is 11.5 Å². The molecule has 1 unspecified atom stereocenters. The van der Waals surface area contributed by atoms with Gasteiger partial charge in [-0.3, -0.25) is 0 Å². The largest absolute Gasteiger partial charge is 0.366 e. The second kappa shape index (κ2) is 5.65. The van der Waals surface area contributed by atoms with Gasteiger partial charge in [-0.05, 0) is 19.3 Å². The smallest absolute Gasteiger partial charge is 0.152 e. The van der Waals surface area contributed by atoms with Gasteiger partial charge in [0.1, 0.15) is 12.1 Å². The summed E-state index contributed by atoms with van der Waals surface area (Å²) >= 11 is 0. The monoisotopic (exact) mass is 269 g/mol. The number of anilines is 1. The zero-order valence-corrected chi connectivity index (χ0v) is 11.4. The molecule has 0 bridgehead atoms. The zero-order valence-electron chi connectivity index (χ0n) is 10.6. The molecule has 0 aromatic carbocycles. The summed E-state index contributed by atoms with van der Waals surface area (Å²) < 4.78 is 23.1. The number of sulfone groups is 1. The van der Waals surface area contributed by atoms with Crippen LogP contribution in [0.25, 0.3) is 0 Å². The number of nitrogens with one attached hydrogen (secondary N) is 1. The van der Waals surface area contributed by atoms with Gasteiger partial charge in [0.25, 0.3) is 0 Å².